The molecule has 0 amide bonds. The van der Waals surface area contributed by atoms with Crippen LogP contribution >= 0.6 is 0 Å². The molecule has 0 aliphatic rings. The molecular formula is C22H27N. The molecule has 0 spiro atoms. The van der Waals surface area contributed by atoms with E-state index in [2.05, 4.69) is 78.4 Å². The monoisotopic (exact) mass is 305 g/mol. The third-order valence-corrected chi connectivity index (χ3v) is 4.17. The van der Waals surface area contributed by atoms with Crippen LogP contribution in [0.2, 0.25) is 0 Å². The Bertz CT molecular complexity index is 541. The molecule has 23 heavy (non-hydrogen) atoms. The van der Waals surface area contributed by atoms with Gasteiger partial charge in [-0.2, -0.15) is 0 Å². The van der Waals surface area contributed by atoms with Gasteiger partial charge in [-0.15, -0.1) is 6.42 Å². The molecule has 0 unspecified atom stereocenters. The number of rotatable bonds is 9. The van der Waals surface area contributed by atoms with Crippen LogP contribution in [0.1, 0.15) is 43.7 Å². The average Bonchev–Trinajstić information content (AvgIpc) is 2.60. The Hall–Kier alpha value is -2.04. The standard InChI is InChI=1S/C22H27N/c1-3-5-8-17-22(4-2)23(18-20-13-9-6-10-14-20)19-21-15-11-7-12-16-21/h2,6-7,9-16,22H,3,5,8,17-19H2,1H3/t22-/m1/s1. The van der Waals surface area contributed by atoms with E-state index in [1.54, 1.807) is 0 Å². The van der Waals surface area contributed by atoms with E-state index in [1.807, 2.05) is 0 Å². The van der Waals surface area contributed by atoms with Crippen LogP contribution in [0.3, 0.4) is 0 Å². The van der Waals surface area contributed by atoms with Gasteiger partial charge < -0.3 is 0 Å². The van der Waals surface area contributed by atoms with E-state index in [0.29, 0.717) is 0 Å². The Morgan fingerprint density at radius 3 is 1.83 bits per heavy atom. The maximum atomic E-state index is 5.87. The van der Waals surface area contributed by atoms with Gasteiger partial charge in [0.25, 0.3) is 0 Å². The van der Waals surface area contributed by atoms with Gasteiger partial charge in [0.1, 0.15) is 0 Å². The zero-order valence-corrected chi connectivity index (χ0v) is 14.1. The molecule has 120 valence electrons. The highest BCUT2D eigenvalue weighted by atomic mass is 15.1. The van der Waals surface area contributed by atoms with Crippen LogP contribution in [0.15, 0.2) is 60.7 Å². The number of unbranched alkanes of at least 4 members (excludes halogenated alkanes) is 2. The lowest BCUT2D eigenvalue weighted by Crippen LogP contribution is -2.33. The molecular weight excluding hydrogens is 278 g/mol. The number of hydrogen-bond acceptors (Lipinski definition) is 1. The summed E-state index contributed by atoms with van der Waals surface area (Å²) in [7, 11) is 0. The second-order valence-electron chi connectivity index (χ2n) is 6.05. The normalized spacial score (nSPS) is 12.0. The molecule has 1 atom stereocenters. The molecule has 0 aliphatic carbocycles. The predicted octanol–water partition coefficient (Wildman–Crippen LogP) is 5.27. The molecule has 0 N–H and O–H groups in total. The summed E-state index contributed by atoms with van der Waals surface area (Å²) in [5.74, 6) is 3.03. The molecule has 0 fully saturated rings. The minimum absolute atomic E-state index is 0.196. The quantitative estimate of drug-likeness (QED) is 0.450. The van der Waals surface area contributed by atoms with Crippen molar-refractivity contribution in [3.05, 3.63) is 71.8 Å². The van der Waals surface area contributed by atoms with Gasteiger partial charge in [-0.1, -0.05) is 92.8 Å². The summed E-state index contributed by atoms with van der Waals surface area (Å²) in [4.78, 5) is 2.43. The van der Waals surface area contributed by atoms with Gasteiger partial charge in [0, 0.05) is 13.1 Å². The molecule has 1 heteroatoms. The van der Waals surface area contributed by atoms with Crippen LogP contribution in [-0.2, 0) is 13.1 Å². The van der Waals surface area contributed by atoms with E-state index in [0.717, 1.165) is 19.5 Å². The van der Waals surface area contributed by atoms with Crippen molar-refractivity contribution >= 4 is 0 Å². The third kappa shape index (κ3) is 5.93. The van der Waals surface area contributed by atoms with Crippen LogP contribution in [0.25, 0.3) is 0 Å². The van der Waals surface area contributed by atoms with E-state index in [1.165, 1.54) is 30.4 Å². The Labute approximate surface area is 141 Å². The zero-order chi connectivity index (χ0) is 16.3. The highest BCUT2D eigenvalue weighted by Gasteiger charge is 2.16. The van der Waals surface area contributed by atoms with Crippen LogP contribution in [0.4, 0.5) is 0 Å². The number of benzene rings is 2. The maximum Gasteiger partial charge on any atom is 0.0717 e. The van der Waals surface area contributed by atoms with E-state index in [-0.39, 0.29) is 6.04 Å². The van der Waals surface area contributed by atoms with Gasteiger partial charge in [-0.25, -0.2) is 0 Å². The van der Waals surface area contributed by atoms with E-state index in [4.69, 9.17) is 6.42 Å². The summed E-state index contributed by atoms with van der Waals surface area (Å²) in [6, 6.07) is 21.4. The molecule has 0 radical (unpaired) electrons. The van der Waals surface area contributed by atoms with Crippen molar-refractivity contribution in [2.24, 2.45) is 0 Å². The lowest BCUT2D eigenvalue weighted by Gasteiger charge is -2.28. The first-order valence-electron chi connectivity index (χ1n) is 8.61. The largest absolute Gasteiger partial charge is 0.281 e. The summed E-state index contributed by atoms with van der Waals surface area (Å²) in [5, 5.41) is 0. The minimum Gasteiger partial charge on any atom is -0.281 e. The van der Waals surface area contributed by atoms with Crippen molar-refractivity contribution in [1.82, 2.24) is 4.90 Å². The number of hydrogen-bond donors (Lipinski definition) is 0. The molecule has 1 nitrogen and oxygen atoms in total. The highest BCUT2D eigenvalue weighted by molar-refractivity contribution is 5.18. The molecule has 2 rings (SSSR count). The zero-order valence-electron chi connectivity index (χ0n) is 14.1. The van der Waals surface area contributed by atoms with E-state index in [9.17, 15) is 0 Å². The van der Waals surface area contributed by atoms with E-state index >= 15 is 0 Å². The Balaban J connectivity index is 2.10. The van der Waals surface area contributed by atoms with Crippen molar-refractivity contribution in [3.8, 4) is 12.3 Å². The summed E-state index contributed by atoms with van der Waals surface area (Å²) in [6.45, 7) is 4.03. The molecule has 0 aromatic heterocycles. The predicted molar refractivity (Wildman–Crippen MR) is 98.9 cm³/mol. The van der Waals surface area contributed by atoms with Gasteiger partial charge in [-0.05, 0) is 17.5 Å². The highest BCUT2D eigenvalue weighted by Crippen LogP contribution is 2.17. The lowest BCUT2D eigenvalue weighted by atomic mass is 10.0. The van der Waals surface area contributed by atoms with Gasteiger partial charge in [0.15, 0.2) is 0 Å². The second kappa shape index (κ2) is 9.87. The Morgan fingerprint density at radius 1 is 0.870 bits per heavy atom. The van der Waals surface area contributed by atoms with Gasteiger partial charge in [0.2, 0.25) is 0 Å². The van der Waals surface area contributed by atoms with Crippen molar-refractivity contribution in [2.45, 2.75) is 51.7 Å². The molecule has 2 aromatic rings. The fourth-order valence-corrected chi connectivity index (χ4v) is 2.87. The smallest absolute Gasteiger partial charge is 0.0717 e. The summed E-state index contributed by atoms with van der Waals surface area (Å²) in [6.07, 6.45) is 10.6. The van der Waals surface area contributed by atoms with Crippen LogP contribution < -0.4 is 0 Å². The van der Waals surface area contributed by atoms with Gasteiger partial charge >= 0.3 is 0 Å². The molecule has 0 heterocycles. The Kier molecular flexibility index (Phi) is 7.43. The molecule has 0 bridgehead atoms. The summed E-state index contributed by atoms with van der Waals surface area (Å²) in [5.41, 5.74) is 2.64. The van der Waals surface area contributed by atoms with Crippen LogP contribution in [-0.4, -0.2) is 10.9 Å². The molecule has 0 aliphatic heterocycles. The number of nitrogens with zero attached hydrogens (tertiary/aromatic N) is 1. The fraction of sp³-hybridized carbons (Fsp3) is 0.364. The van der Waals surface area contributed by atoms with Crippen LogP contribution in [0, 0.1) is 12.3 Å². The SMILES string of the molecule is C#C[C@H](CCCCC)N(Cc1ccccc1)Cc1ccccc1. The van der Waals surface area contributed by atoms with Gasteiger partial charge in [-0.3, -0.25) is 4.90 Å². The first kappa shape index (κ1) is 17.3. The Morgan fingerprint density at radius 2 is 1.39 bits per heavy atom. The third-order valence-electron chi connectivity index (χ3n) is 4.17. The molecule has 2 aromatic carbocycles. The van der Waals surface area contributed by atoms with Crippen LogP contribution in [0.5, 0.6) is 0 Å². The fourth-order valence-electron chi connectivity index (χ4n) is 2.87. The molecule has 0 saturated carbocycles. The second-order valence-corrected chi connectivity index (χ2v) is 6.05. The van der Waals surface area contributed by atoms with Gasteiger partial charge in [0.05, 0.1) is 6.04 Å². The first-order valence-corrected chi connectivity index (χ1v) is 8.61. The first-order chi connectivity index (χ1) is 11.3. The summed E-state index contributed by atoms with van der Waals surface area (Å²) >= 11 is 0. The molecule has 0 saturated heterocycles. The van der Waals surface area contributed by atoms with E-state index < -0.39 is 0 Å². The van der Waals surface area contributed by atoms with Crippen molar-refractivity contribution < 1.29 is 0 Å². The van der Waals surface area contributed by atoms with Crippen molar-refractivity contribution in [3.63, 3.8) is 0 Å². The minimum atomic E-state index is 0.196. The maximum absolute atomic E-state index is 5.87. The number of terminal acetylenes is 1. The lowest BCUT2D eigenvalue weighted by molar-refractivity contribution is 0.205. The van der Waals surface area contributed by atoms with Crippen molar-refractivity contribution in [1.29, 1.82) is 0 Å². The average molecular weight is 305 g/mol. The van der Waals surface area contributed by atoms with Crippen molar-refractivity contribution in [2.75, 3.05) is 0 Å². The topological polar surface area (TPSA) is 3.24 Å². The summed E-state index contributed by atoms with van der Waals surface area (Å²) < 4.78 is 0.